The summed E-state index contributed by atoms with van der Waals surface area (Å²) in [5.74, 6) is 1.07. The van der Waals surface area contributed by atoms with Gasteiger partial charge in [0, 0.05) is 25.5 Å². The summed E-state index contributed by atoms with van der Waals surface area (Å²) in [4.78, 5) is 18.9. The van der Waals surface area contributed by atoms with Crippen molar-refractivity contribution in [2.45, 2.75) is 32.5 Å². The molecule has 3 aromatic rings. The van der Waals surface area contributed by atoms with Crippen LogP contribution in [0.2, 0.25) is 0 Å². The van der Waals surface area contributed by atoms with Gasteiger partial charge in [-0.25, -0.2) is 0 Å². The molecule has 8 nitrogen and oxygen atoms in total. The monoisotopic (exact) mass is 355 g/mol. The fourth-order valence-electron chi connectivity index (χ4n) is 3.33. The van der Waals surface area contributed by atoms with Gasteiger partial charge in [-0.15, -0.1) is 0 Å². The Kier molecular flexibility index (Phi) is 4.42. The van der Waals surface area contributed by atoms with E-state index < -0.39 is 0 Å². The zero-order valence-corrected chi connectivity index (χ0v) is 14.9. The molecule has 136 valence electrons. The molecule has 1 saturated heterocycles. The first kappa shape index (κ1) is 16.7. The average Bonchev–Trinajstić information content (AvgIpc) is 3.23. The van der Waals surface area contributed by atoms with Crippen LogP contribution in [0.15, 0.2) is 28.8 Å². The lowest BCUT2D eigenvalue weighted by atomic mass is 10.1. The van der Waals surface area contributed by atoms with Crippen molar-refractivity contribution in [1.29, 1.82) is 0 Å². The van der Waals surface area contributed by atoms with E-state index >= 15 is 0 Å². The Morgan fingerprint density at radius 1 is 1.31 bits per heavy atom. The lowest BCUT2D eigenvalue weighted by Crippen LogP contribution is -2.41. The molecule has 0 spiro atoms. The Morgan fingerprint density at radius 3 is 2.81 bits per heavy atom. The number of fused-ring (bicyclic) bond motifs is 1. The number of carbonyl (C=O) groups excluding carboxylic acids is 1. The second-order valence-corrected chi connectivity index (χ2v) is 6.53. The number of aryl methyl sites for hydroxylation is 2. The summed E-state index contributed by atoms with van der Waals surface area (Å²) in [6.45, 7) is 3.39. The molecule has 8 heteroatoms. The third-order valence-electron chi connectivity index (χ3n) is 4.70. The van der Waals surface area contributed by atoms with Crippen LogP contribution in [-0.2, 0) is 18.4 Å². The number of benzene rings is 1. The van der Waals surface area contributed by atoms with Gasteiger partial charge in [-0.2, -0.15) is 10.1 Å². The molecule has 0 bridgehead atoms. The molecule has 1 aromatic carbocycles. The summed E-state index contributed by atoms with van der Waals surface area (Å²) in [5.41, 5.74) is 1.48. The number of hydrogen-bond donors (Lipinski definition) is 0. The van der Waals surface area contributed by atoms with Crippen molar-refractivity contribution in [1.82, 2.24) is 24.8 Å². The summed E-state index contributed by atoms with van der Waals surface area (Å²) in [6.07, 6.45) is 1.65. The number of ether oxygens (including phenoxy) is 1. The van der Waals surface area contributed by atoms with Gasteiger partial charge >= 0.3 is 0 Å². The molecule has 2 aromatic heterocycles. The third kappa shape index (κ3) is 3.20. The molecule has 1 fully saturated rings. The second kappa shape index (κ2) is 6.87. The Hall–Kier alpha value is -2.74. The van der Waals surface area contributed by atoms with Crippen molar-refractivity contribution in [3.05, 3.63) is 41.7 Å². The van der Waals surface area contributed by atoms with Gasteiger partial charge in [-0.05, 0) is 25.8 Å². The highest BCUT2D eigenvalue weighted by Gasteiger charge is 2.27. The van der Waals surface area contributed by atoms with E-state index in [4.69, 9.17) is 9.26 Å². The van der Waals surface area contributed by atoms with Crippen molar-refractivity contribution in [3.63, 3.8) is 0 Å². The number of para-hydroxylation sites is 1. The fraction of sp³-hybridized carbons (Fsp3) is 0.444. The van der Waals surface area contributed by atoms with E-state index in [2.05, 4.69) is 15.2 Å². The van der Waals surface area contributed by atoms with Crippen LogP contribution < -0.4 is 0 Å². The molecule has 1 aliphatic rings. The minimum absolute atomic E-state index is 0.0206. The molecular formula is C18H21N5O3. The number of aromatic nitrogens is 4. The molecule has 0 radical (unpaired) electrons. The van der Waals surface area contributed by atoms with E-state index in [0.29, 0.717) is 37.1 Å². The average molecular weight is 355 g/mol. The first-order chi connectivity index (χ1) is 12.6. The Bertz CT molecular complexity index is 924. The van der Waals surface area contributed by atoms with E-state index in [1.165, 1.54) is 0 Å². The second-order valence-electron chi connectivity index (χ2n) is 6.53. The van der Waals surface area contributed by atoms with Crippen LogP contribution in [0.4, 0.5) is 0 Å². The van der Waals surface area contributed by atoms with Gasteiger partial charge in [0.25, 0.3) is 11.8 Å². The van der Waals surface area contributed by atoms with Crippen molar-refractivity contribution >= 4 is 16.8 Å². The molecule has 4 rings (SSSR count). The lowest BCUT2D eigenvalue weighted by Gasteiger charge is -2.31. The molecule has 3 heterocycles. The Morgan fingerprint density at radius 2 is 2.08 bits per heavy atom. The third-order valence-corrected chi connectivity index (χ3v) is 4.70. The number of hydrogen-bond acceptors (Lipinski definition) is 6. The first-order valence-corrected chi connectivity index (χ1v) is 8.73. The molecule has 0 N–H and O–H groups in total. The summed E-state index contributed by atoms with van der Waals surface area (Å²) in [6, 6.07) is 7.79. The smallest absolute Gasteiger partial charge is 0.275 e. The Labute approximate surface area is 150 Å². The predicted octanol–water partition coefficient (Wildman–Crippen LogP) is 2.09. The highest BCUT2D eigenvalue weighted by molar-refractivity contribution is 6.04. The number of amides is 1. The number of nitrogens with zero attached hydrogens (tertiary/aromatic N) is 5. The summed E-state index contributed by atoms with van der Waals surface area (Å²) in [5, 5.41) is 9.07. The largest absolute Gasteiger partial charge is 0.368 e. The van der Waals surface area contributed by atoms with Gasteiger partial charge in [0.05, 0.1) is 11.6 Å². The van der Waals surface area contributed by atoms with Crippen LogP contribution >= 0.6 is 0 Å². The van der Waals surface area contributed by atoms with Crippen molar-refractivity contribution < 1.29 is 14.1 Å². The zero-order chi connectivity index (χ0) is 18.1. The zero-order valence-electron chi connectivity index (χ0n) is 14.9. The highest BCUT2D eigenvalue weighted by atomic mass is 16.5. The molecule has 0 aliphatic carbocycles. The van der Waals surface area contributed by atoms with Crippen LogP contribution in [0.3, 0.4) is 0 Å². The van der Waals surface area contributed by atoms with E-state index in [1.807, 2.05) is 36.2 Å². The number of carbonyl (C=O) groups is 1. The van der Waals surface area contributed by atoms with Gasteiger partial charge in [0.15, 0.2) is 11.5 Å². The molecule has 0 unspecified atom stereocenters. The molecule has 0 saturated carbocycles. The van der Waals surface area contributed by atoms with Crippen molar-refractivity contribution in [3.8, 4) is 0 Å². The van der Waals surface area contributed by atoms with Crippen LogP contribution in [0.25, 0.3) is 10.9 Å². The van der Waals surface area contributed by atoms with Gasteiger partial charge in [0.1, 0.15) is 6.61 Å². The topological polar surface area (TPSA) is 86.3 Å². The SMILES string of the molecule is Cc1noc(COC2CCN(C(=O)c3nn(C)c4ccccc34)CC2)n1. The summed E-state index contributed by atoms with van der Waals surface area (Å²) < 4.78 is 12.6. The standard InChI is InChI=1S/C18H21N5O3/c1-12-19-16(26-21-12)11-25-13-7-9-23(10-8-13)18(24)17-14-5-3-4-6-15(14)22(2)20-17/h3-6,13H,7-11H2,1-2H3. The maximum atomic E-state index is 12.9. The lowest BCUT2D eigenvalue weighted by molar-refractivity contribution is -0.00986. The van der Waals surface area contributed by atoms with Gasteiger partial charge in [-0.3, -0.25) is 9.48 Å². The van der Waals surface area contributed by atoms with Crippen LogP contribution in [-0.4, -0.2) is 49.9 Å². The molecule has 26 heavy (non-hydrogen) atoms. The number of likely N-dealkylation sites (tertiary alicyclic amines) is 1. The molecular weight excluding hydrogens is 334 g/mol. The minimum atomic E-state index is -0.0206. The summed E-state index contributed by atoms with van der Waals surface area (Å²) >= 11 is 0. The van der Waals surface area contributed by atoms with E-state index in [0.717, 1.165) is 23.7 Å². The quantitative estimate of drug-likeness (QED) is 0.712. The first-order valence-electron chi connectivity index (χ1n) is 8.73. The minimum Gasteiger partial charge on any atom is -0.368 e. The fourth-order valence-corrected chi connectivity index (χ4v) is 3.33. The van der Waals surface area contributed by atoms with E-state index in [-0.39, 0.29) is 12.0 Å². The number of rotatable bonds is 4. The predicted molar refractivity (Wildman–Crippen MR) is 93.5 cm³/mol. The van der Waals surface area contributed by atoms with Gasteiger partial charge < -0.3 is 14.2 Å². The Balaban J connectivity index is 1.37. The normalized spacial score (nSPS) is 15.7. The van der Waals surface area contributed by atoms with E-state index in [9.17, 15) is 4.79 Å². The molecule has 1 amide bonds. The van der Waals surface area contributed by atoms with Crippen LogP contribution in [0.1, 0.15) is 35.0 Å². The maximum Gasteiger partial charge on any atom is 0.275 e. The van der Waals surface area contributed by atoms with Crippen molar-refractivity contribution in [2.24, 2.45) is 7.05 Å². The molecule has 1 aliphatic heterocycles. The molecule has 0 atom stereocenters. The highest BCUT2D eigenvalue weighted by Crippen LogP contribution is 2.22. The van der Waals surface area contributed by atoms with E-state index in [1.54, 1.807) is 11.6 Å². The summed E-state index contributed by atoms with van der Waals surface area (Å²) in [7, 11) is 1.86. The maximum absolute atomic E-state index is 12.9. The van der Waals surface area contributed by atoms with Gasteiger partial charge in [0.2, 0.25) is 0 Å². The van der Waals surface area contributed by atoms with Crippen LogP contribution in [0, 0.1) is 6.92 Å². The van der Waals surface area contributed by atoms with Crippen molar-refractivity contribution in [2.75, 3.05) is 13.1 Å². The van der Waals surface area contributed by atoms with Gasteiger partial charge in [-0.1, -0.05) is 23.4 Å². The van der Waals surface area contributed by atoms with Crippen LogP contribution in [0.5, 0.6) is 0 Å². The number of piperidine rings is 1.